The molecule has 4 rings (SSSR count). The molecule has 3 aromatic carbocycles. The van der Waals surface area contributed by atoms with Gasteiger partial charge in [0.1, 0.15) is 11.6 Å². The first kappa shape index (κ1) is 19.6. The summed E-state index contributed by atoms with van der Waals surface area (Å²) >= 11 is 0. The third-order valence-electron chi connectivity index (χ3n) is 4.28. The van der Waals surface area contributed by atoms with Gasteiger partial charge in [0.2, 0.25) is 5.82 Å². The summed E-state index contributed by atoms with van der Waals surface area (Å²) in [5.41, 5.74) is 1.65. The highest BCUT2D eigenvalue weighted by Crippen LogP contribution is 2.29. The lowest BCUT2D eigenvalue weighted by atomic mass is 10.2. The number of methoxy groups -OCH3 is 1. The molecular weight excluding hydrogens is 409 g/mol. The predicted octanol–water partition coefficient (Wildman–Crippen LogP) is 4.35. The minimum atomic E-state index is -3.83. The molecule has 0 spiro atoms. The summed E-state index contributed by atoms with van der Waals surface area (Å²) in [6.45, 7) is 0. The highest BCUT2D eigenvalue weighted by molar-refractivity contribution is 7.92. The number of para-hydroxylation sites is 1. The molecule has 0 fully saturated rings. The van der Waals surface area contributed by atoms with Crippen molar-refractivity contribution < 1.29 is 22.1 Å². The van der Waals surface area contributed by atoms with E-state index in [9.17, 15) is 12.8 Å². The van der Waals surface area contributed by atoms with Crippen molar-refractivity contribution in [2.24, 2.45) is 0 Å². The van der Waals surface area contributed by atoms with Crippen LogP contribution in [0.2, 0.25) is 0 Å². The minimum absolute atomic E-state index is 0.0358. The molecule has 1 N–H and O–H groups in total. The largest absolute Gasteiger partial charge is 0.496 e. The van der Waals surface area contributed by atoms with E-state index in [-0.39, 0.29) is 10.8 Å². The second-order valence-corrected chi connectivity index (χ2v) is 7.94. The van der Waals surface area contributed by atoms with Crippen molar-refractivity contribution in [2.75, 3.05) is 11.8 Å². The van der Waals surface area contributed by atoms with Crippen molar-refractivity contribution >= 4 is 15.7 Å². The maximum atomic E-state index is 13.0. The summed E-state index contributed by atoms with van der Waals surface area (Å²) in [6, 6.07) is 18.3. The Morgan fingerprint density at radius 1 is 0.967 bits per heavy atom. The number of benzene rings is 3. The lowest BCUT2D eigenvalue weighted by molar-refractivity contribution is 0.413. The third-order valence-corrected chi connectivity index (χ3v) is 5.68. The number of rotatable bonds is 6. The van der Waals surface area contributed by atoms with E-state index in [1.54, 1.807) is 37.4 Å². The lowest BCUT2D eigenvalue weighted by Crippen LogP contribution is -2.12. The second kappa shape index (κ2) is 7.96. The van der Waals surface area contributed by atoms with Crippen molar-refractivity contribution in [3.05, 3.63) is 78.6 Å². The summed E-state index contributed by atoms with van der Waals surface area (Å²) in [4.78, 5) is 4.35. The van der Waals surface area contributed by atoms with Gasteiger partial charge in [0, 0.05) is 11.3 Å². The van der Waals surface area contributed by atoms with Crippen LogP contribution in [0.15, 0.2) is 82.2 Å². The van der Waals surface area contributed by atoms with E-state index in [4.69, 9.17) is 9.26 Å². The van der Waals surface area contributed by atoms with Crippen LogP contribution in [-0.4, -0.2) is 25.7 Å². The molecule has 152 valence electrons. The quantitative estimate of drug-likeness (QED) is 0.494. The first-order chi connectivity index (χ1) is 14.5. The molecule has 4 aromatic rings. The monoisotopic (exact) mass is 425 g/mol. The Bertz CT molecular complexity index is 1270. The Kier molecular flexibility index (Phi) is 5.20. The Balaban J connectivity index is 1.54. The van der Waals surface area contributed by atoms with Gasteiger partial charge in [-0.3, -0.25) is 4.72 Å². The molecule has 0 saturated carbocycles. The normalized spacial score (nSPS) is 11.3. The predicted molar refractivity (Wildman–Crippen MR) is 109 cm³/mol. The van der Waals surface area contributed by atoms with Crippen LogP contribution in [-0.2, 0) is 10.0 Å². The molecule has 0 amide bonds. The highest BCUT2D eigenvalue weighted by Gasteiger charge is 2.16. The number of ether oxygens (including phenoxy) is 1. The first-order valence-electron chi connectivity index (χ1n) is 8.82. The molecule has 0 radical (unpaired) electrons. The van der Waals surface area contributed by atoms with Crippen molar-refractivity contribution in [3.8, 4) is 28.6 Å². The molecule has 1 aromatic heterocycles. The number of hydrogen-bond acceptors (Lipinski definition) is 6. The molecular formula is C21H16FN3O4S. The van der Waals surface area contributed by atoms with Gasteiger partial charge >= 0.3 is 0 Å². The molecule has 30 heavy (non-hydrogen) atoms. The summed E-state index contributed by atoms with van der Waals surface area (Å²) in [5.74, 6) is 0.771. The number of hydrogen-bond donors (Lipinski definition) is 1. The molecule has 7 nitrogen and oxygen atoms in total. The molecule has 9 heteroatoms. The zero-order chi connectivity index (χ0) is 21.1. The standard InChI is InChI=1S/C21H16FN3O4S/c1-28-19-5-3-2-4-18(19)20-23-21(29-24-20)14-6-10-16(11-7-14)25-30(26,27)17-12-8-15(22)9-13-17/h2-13,25H,1H3. The number of sulfonamides is 1. The highest BCUT2D eigenvalue weighted by atomic mass is 32.2. The number of nitrogens with one attached hydrogen (secondary N) is 1. The SMILES string of the molecule is COc1ccccc1-c1noc(-c2ccc(NS(=O)(=O)c3ccc(F)cc3)cc2)n1. The number of anilines is 1. The van der Waals surface area contributed by atoms with Gasteiger partial charge in [-0.1, -0.05) is 17.3 Å². The Morgan fingerprint density at radius 3 is 2.37 bits per heavy atom. The maximum absolute atomic E-state index is 13.0. The van der Waals surface area contributed by atoms with Gasteiger partial charge in [-0.15, -0.1) is 0 Å². The van der Waals surface area contributed by atoms with Crippen LogP contribution in [0.4, 0.5) is 10.1 Å². The van der Waals surface area contributed by atoms with Crippen molar-refractivity contribution in [2.45, 2.75) is 4.90 Å². The van der Waals surface area contributed by atoms with Crippen LogP contribution in [0, 0.1) is 5.82 Å². The van der Waals surface area contributed by atoms with Gasteiger partial charge in [0.25, 0.3) is 15.9 Å². The van der Waals surface area contributed by atoms with Gasteiger partial charge in [-0.25, -0.2) is 12.8 Å². The summed E-state index contributed by atoms with van der Waals surface area (Å²) in [5, 5.41) is 3.99. The first-order valence-corrected chi connectivity index (χ1v) is 10.3. The van der Waals surface area contributed by atoms with Crippen molar-refractivity contribution in [1.29, 1.82) is 0 Å². The fourth-order valence-electron chi connectivity index (χ4n) is 2.79. The van der Waals surface area contributed by atoms with Crippen LogP contribution in [0.3, 0.4) is 0 Å². The average Bonchev–Trinajstić information content (AvgIpc) is 3.24. The van der Waals surface area contributed by atoms with Gasteiger partial charge < -0.3 is 9.26 Å². The zero-order valence-electron chi connectivity index (χ0n) is 15.7. The van der Waals surface area contributed by atoms with E-state index < -0.39 is 15.8 Å². The summed E-state index contributed by atoms with van der Waals surface area (Å²) < 4.78 is 50.9. The molecule has 0 atom stereocenters. The molecule has 1 heterocycles. The van der Waals surface area contributed by atoms with Gasteiger partial charge in [-0.05, 0) is 60.7 Å². The molecule has 0 aliphatic carbocycles. The Hall–Kier alpha value is -3.72. The number of aromatic nitrogens is 2. The van der Waals surface area contributed by atoms with E-state index in [0.29, 0.717) is 28.4 Å². The van der Waals surface area contributed by atoms with Crippen molar-refractivity contribution in [3.63, 3.8) is 0 Å². The van der Waals surface area contributed by atoms with Gasteiger partial charge in [0.15, 0.2) is 0 Å². The van der Waals surface area contributed by atoms with E-state index in [1.165, 1.54) is 12.1 Å². The van der Waals surface area contributed by atoms with E-state index in [0.717, 1.165) is 12.1 Å². The van der Waals surface area contributed by atoms with Crippen LogP contribution in [0.5, 0.6) is 5.75 Å². The van der Waals surface area contributed by atoms with Crippen LogP contribution < -0.4 is 9.46 Å². The third kappa shape index (κ3) is 4.01. The maximum Gasteiger partial charge on any atom is 0.261 e. The number of halogens is 1. The van der Waals surface area contributed by atoms with Crippen molar-refractivity contribution in [1.82, 2.24) is 10.1 Å². The summed E-state index contributed by atoms with van der Waals surface area (Å²) in [6.07, 6.45) is 0. The van der Waals surface area contributed by atoms with Gasteiger partial charge in [-0.2, -0.15) is 4.98 Å². The summed E-state index contributed by atoms with van der Waals surface area (Å²) in [7, 11) is -2.27. The zero-order valence-corrected chi connectivity index (χ0v) is 16.6. The molecule has 0 saturated heterocycles. The van der Waals surface area contributed by atoms with Crippen LogP contribution >= 0.6 is 0 Å². The van der Waals surface area contributed by atoms with E-state index >= 15 is 0 Å². The average molecular weight is 425 g/mol. The minimum Gasteiger partial charge on any atom is -0.496 e. The number of nitrogens with zero attached hydrogens (tertiary/aromatic N) is 2. The molecule has 0 aliphatic heterocycles. The second-order valence-electron chi connectivity index (χ2n) is 6.26. The van der Waals surface area contributed by atoms with Crippen LogP contribution in [0.1, 0.15) is 0 Å². The Labute approximate surface area is 172 Å². The Morgan fingerprint density at radius 2 is 1.67 bits per heavy atom. The van der Waals surface area contributed by atoms with Gasteiger partial charge in [0.05, 0.1) is 17.6 Å². The lowest BCUT2D eigenvalue weighted by Gasteiger charge is -2.08. The fraction of sp³-hybridized carbons (Fsp3) is 0.0476. The topological polar surface area (TPSA) is 94.3 Å². The van der Waals surface area contributed by atoms with E-state index in [2.05, 4.69) is 14.9 Å². The van der Waals surface area contributed by atoms with E-state index in [1.807, 2.05) is 18.2 Å². The molecule has 0 unspecified atom stereocenters. The molecule has 0 bridgehead atoms. The smallest absolute Gasteiger partial charge is 0.261 e. The van der Waals surface area contributed by atoms with Crippen LogP contribution in [0.25, 0.3) is 22.8 Å². The fourth-order valence-corrected chi connectivity index (χ4v) is 3.85. The molecule has 0 aliphatic rings.